The smallest absolute Gasteiger partial charge is 0.291 e. The van der Waals surface area contributed by atoms with Crippen LogP contribution < -0.4 is 20.1 Å². The molecule has 0 bridgehead atoms. The Bertz CT molecular complexity index is 1210. The molecule has 0 aliphatic carbocycles. The summed E-state index contributed by atoms with van der Waals surface area (Å²) in [4.78, 5) is 18.4. The highest BCUT2D eigenvalue weighted by molar-refractivity contribution is 7.16. The summed E-state index contributed by atoms with van der Waals surface area (Å²) < 4.78 is 16.4. The summed E-state index contributed by atoms with van der Waals surface area (Å²) in [5, 5.41) is 7.26. The van der Waals surface area contributed by atoms with Gasteiger partial charge in [0.1, 0.15) is 22.3 Å². The summed E-state index contributed by atoms with van der Waals surface area (Å²) in [6.07, 6.45) is 4.04. The molecule has 170 valence electrons. The van der Waals surface area contributed by atoms with Gasteiger partial charge in [-0.15, -0.1) is 11.3 Å². The number of carbonyl (C=O) groups excluding carboxylic acids is 1. The average Bonchev–Trinajstić information content (AvgIpc) is 3.53. The van der Waals surface area contributed by atoms with E-state index in [1.807, 2.05) is 36.4 Å². The van der Waals surface area contributed by atoms with E-state index in [9.17, 15) is 4.79 Å². The van der Waals surface area contributed by atoms with Crippen LogP contribution in [0.25, 0.3) is 0 Å². The van der Waals surface area contributed by atoms with Crippen LogP contribution in [0.2, 0.25) is 0 Å². The predicted octanol–water partition coefficient (Wildman–Crippen LogP) is 5.77. The van der Waals surface area contributed by atoms with Gasteiger partial charge in [-0.25, -0.2) is 4.98 Å². The first-order valence-electron chi connectivity index (χ1n) is 10.5. The topological polar surface area (TPSA) is 85.6 Å². The lowest BCUT2D eigenvalue weighted by Crippen LogP contribution is -2.17. The number of hydrogen-bond donors (Lipinski definition) is 2. The van der Waals surface area contributed by atoms with Crippen molar-refractivity contribution >= 4 is 28.1 Å². The molecule has 0 saturated carbocycles. The summed E-state index contributed by atoms with van der Waals surface area (Å²) in [6.45, 7) is 2.08. The third kappa shape index (κ3) is 5.01. The van der Waals surface area contributed by atoms with Gasteiger partial charge < -0.3 is 24.5 Å². The number of ether oxygens (including phenoxy) is 2. The Kier molecular flexibility index (Phi) is 6.95. The molecule has 8 heteroatoms. The fourth-order valence-electron chi connectivity index (χ4n) is 3.50. The van der Waals surface area contributed by atoms with Crippen molar-refractivity contribution in [3.8, 4) is 11.5 Å². The number of rotatable bonds is 9. The summed E-state index contributed by atoms with van der Waals surface area (Å²) in [7, 11) is 3.26. The van der Waals surface area contributed by atoms with Crippen LogP contribution >= 0.6 is 11.3 Å². The molecule has 3 heterocycles. The third-order valence-electron chi connectivity index (χ3n) is 5.15. The maximum absolute atomic E-state index is 12.8. The number of thiophene rings is 1. The highest BCUT2D eigenvalue weighted by Crippen LogP contribution is 2.41. The number of nitrogens with zero attached hydrogens (tertiary/aromatic N) is 1. The maximum Gasteiger partial charge on any atom is 0.291 e. The van der Waals surface area contributed by atoms with Gasteiger partial charge in [0.25, 0.3) is 5.91 Å². The van der Waals surface area contributed by atoms with Gasteiger partial charge in [-0.1, -0.05) is 13.0 Å². The number of amides is 1. The van der Waals surface area contributed by atoms with Crippen molar-refractivity contribution in [2.24, 2.45) is 0 Å². The molecular weight excluding hydrogens is 438 g/mol. The molecule has 1 amide bonds. The van der Waals surface area contributed by atoms with Crippen LogP contribution in [0.1, 0.15) is 39.5 Å². The van der Waals surface area contributed by atoms with Crippen molar-refractivity contribution in [1.82, 2.24) is 4.98 Å². The number of aromatic nitrogens is 1. The fraction of sp³-hybridized carbons (Fsp3) is 0.200. The Morgan fingerprint density at radius 1 is 1.09 bits per heavy atom. The van der Waals surface area contributed by atoms with Crippen molar-refractivity contribution in [3.63, 3.8) is 0 Å². The van der Waals surface area contributed by atoms with Gasteiger partial charge >= 0.3 is 0 Å². The van der Waals surface area contributed by atoms with Crippen molar-refractivity contribution in [1.29, 1.82) is 0 Å². The number of furan rings is 1. The van der Waals surface area contributed by atoms with E-state index in [4.69, 9.17) is 13.9 Å². The molecule has 3 aromatic heterocycles. The van der Waals surface area contributed by atoms with Crippen LogP contribution in [0.3, 0.4) is 0 Å². The molecule has 1 unspecified atom stereocenters. The SMILES string of the molecule is CCc1cc(C(Nc2ccccn2)c2cc(OC)ccc2OC)c(NC(=O)c2ccco2)s1. The Morgan fingerprint density at radius 2 is 1.97 bits per heavy atom. The van der Waals surface area contributed by atoms with Gasteiger partial charge in [0.15, 0.2) is 5.76 Å². The molecule has 0 saturated heterocycles. The molecule has 33 heavy (non-hydrogen) atoms. The Labute approximate surface area is 196 Å². The molecule has 0 fully saturated rings. The zero-order chi connectivity index (χ0) is 23.2. The van der Waals surface area contributed by atoms with E-state index in [1.54, 1.807) is 32.5 Å². The lowest BCUT2D eigenvalue weighted by Gasteiger charge is -2.23. The van der Waals surface area contributed by atoms with E-state index in [0.717, 1.165) is 27.4 Å². The Balaban J connectivity index is 1.82. The van der Waals surface area contributed by atoms with Gasteiger partial charge in [-0.3, -0.25) is 4.79 Å². The Morgan fingerprint density at radius 3 is 2.64 bits per heavy atom. The van der Waals surface area contributed by atoms with E-state index in [0.29, 0.717) is 17.3 Å². The second-order valence-corrected chi connectivity index (χ2v) is 8.32. The molecule has 4 rings (SSSR count). The van der Waals surface area contributed by atoms with Crippen molar-refractivity contribution < 1.29 is 18.7 Å². The van der Waals surface area contributed by atoms with E-state index < -0.39 is 0 Å². The summed E-state index contributed by atoms with van der Waals surface area (Å²) in [5.74, 6) is 2.03. The zero-order valence-electron chi connectivity index (χ0n) is 18.6. The average molecular weight is 464 g/mol. The van der Waals surface area contributed by atoms with Crippen LogP contribution in [-0.2, 0) is 6.42 Å². The van der Waals surface area contributed by atoms with E-state index in [2.05, 4.69) is 28.6 Å². The number of benzene rings is 1. The third-order valence-corrected chi connectivity index (χ3v) is 6.36. The number of anilines is 2. The standard InChI is InChI=1S/C25H25N3O4S/c1-4-17-15-19(25(33-17)28-24(29)21-8-7-13-32-21)23(27-22-9-5-6-12-26-22)18-14-16(30-2)10-11-20(18)31-3/h5-15,23H,4H2,1-3H3,(H,26,27)(H,28,29). The second-order valence-electron chi connectivity index (χ2n) is 7.18. The number of aryl methyl sites for hydroxylation is 1. The molecule has 2 N–H and O–H groups in total. The quantitative estimate of drug-likeness (QED) is 0.328. The van der Waals surface area contributed by atoms with Gasteiger partial charge in [0.2, 0.25) is 0 Å². The first-order chi connectivity index (χ1) is 16.1. The first-order valence-corrected chi connectivity index (χ1v) is 11.3. The van der Waals surface area contributed by atoms with Crippen LogP contribution in [0.4, 0.5) is 10.8 Å². The van der Waals surface area contributed by atoms with Crippen molar-refractivity contribution in [2.45, 2.75) is 19.4 Å². The molecule has 4 aromatic rings. The van der Waals surface area contributed by atoms with Crippen LogP contribution in [0.5, 0.6) is 11.5 Å². The number of carbonyl (C=O) groups is 1. The summed E-state index contributed by atoms with van der Waals surface area (Å²) in [5.41, 5.74) is 1.76. The maximum atomic E-state index is 12.8. The summed E-state index contributed by atoms with van der Waals surface area (Å²) >= 11 is 1.54. The normalized spacial score (nSPS) is 11.6. The molecule has 0 radical (unpaired) electrons. The van der Waals surface area contributed by atoms with Crippen LogP contribution in [0.15, 0.2) is 71.5 Å². The van der Waals surface area contributed by atoms with Crippen LogP contribution in [0, 0.1) is 0 Å². The molecule has 1 aromatic carbocycles. The summed E-state index contributed by atoms with van der Waals surface area (Å²) in [6, 6.07) is 16.4. The zero-order valence-corrected chi connectivity index (χ0v) is 19.4. The number of pyridine rings is 1. The highest BCUT2D eigenvalue weighted by atomic mass is 32.1. The lowest BCUT2D eigenvalue weighted by molar-refractivity contribution is 0.0997. The van der Waals surface area contributed by atoms with Gasteiger partial charge in [-0.2, -0.15) is 0 Å². The molecule has 0 aliphatic rings. The van der Waals surface area contributed by atoms with Crippen molar-refractivity contribution in [2.75, 3.05) is 24.9 Å². The van der Waals surface area contributed by atoms with Gasteiger partial charge in [0.05, 0.1) is 26.5 Å². The Hall–Kier alpha value is -3.78. The van der Waals surface area contributed by atoms with Crippen molar-refractivity contribution in [3.05, 3.63) is 88.8 Å². The monoisotopic (exact) mass is 463 g/mol. The lowest BCUT2D eigenvalue weighted by atomic mass is 9.98. The number of methoxy groups -OCH3 is 2. The van der Waals surface area contributed by atoms with E-state index in [-0.39, 0.29) is 17.7 Å². The largest absolute Gasteiger partial charge is 0.497 e. The fourth-order valence-corrected chi connectivity index (χ4v) is 4.53. The van der Waals surface area contributed by atoms with E-state index in [1.165, 1.54) is 17.6 Å². The first kappa shape index (κ1) is 22.4. The van der Waals surface area contributed by atoms with Gasteiger partial charge in [-0.05, 0) is 55.0 Å². The highest BCUT2D eigenvalue weighted by Gasteiger charge is 2.26. The number of nitrogens with one attached hydrogen (secondary N) is 2. The minimum absolute atomic E-state index is 0.251. The predicted molar refractivity (Wildman–Crippen MR) is 130 cm³/mol. The van der Waals surface area contributed by atoms with Crippen LogP contribution in [-0.4, -0.2) is 25.1 Å². The van der Waals surface area contributed by atoms with E-state index >= 15 is 0 Å². The molecule has 0 spiro atoms. The molecular formula is C25H25N3O4S. The molecule has 7 nitrogen and oxygen atoms in total. The van der Waals surface area contributed by atoms with Gasteiger partial charge in [0, 0.05) is 22.2 Å². The minimum Gasteiger partial charge on any atom is -0.497 e. The second kappa shape index (κ2) is 10.2. The minimum atomic E-state index is -0.367. The molecule has 1 atom stereocenters. The number of hydrogen-bond acceptors (Lipinski definition) is 7. The molecule has 0 aliphatic heterocycles.